The van der Waals surface area contributed by atoms with Gasteiger partial charge in [0.1, 0.15) is 0 Å². The number of nitrogens with zero attached hydrogens (tertiary/aromatic N) is 1. The van der Waals surface area contributed by atoms with E-state index < -0.39 is 0 Å². The first-order valence-corrected chi connectivity index (χ1v) is 8.27. The van der Waals surface area contributed by atoms with Gasteiger partial charge in [-0.15, -0.1) is 0 Å². The summed E-state index contributed by atoms with van der Waals surface area (Å²) in [6, 6.07) is 14.8. The Bertz CT molecular complexity index is 636. The van der Waals surface area contributed by atoms with Crippen LogP contribution in [0.4, 0.5) is 5.69 Å². The first kappa shape index (κ1) is 12.7. The molecule has 2 fully saturated rings. The first-order chi connectivity index (χ1) is 9.78. The molecule has 2 aliphatic rings. The Morgan fingerprint density at radius 1 is 0.950 bits per heavy atom. The molecule has 3 heteroatoms. The molecule has 2 nitrogen and oxygen atoms in total. The molecule has 1 N–H and O–H groups in total. The van der Waals surface area contributed by atoms with Crippen molar-refractivity contribution >= 4 is 32.4 Å². The van der Waals surface area contributed by atoms with Gasteiger partial charge in [-0.25, -0.2) is 0 Å². The van der Waals surface area contributed by atoms with E-state index in [-0.39, 0.29) is 0 Å². The molecule has 1 unspecified atom stereocenters. The van der Waals surface area contributed by atoms with Crippen LogP contribution >= 0.6 is 15.9 Å². The number of anilines is 1. The molecule has 0 bridgehead atoms. The summed E-state index contributed by atoms with van der Waals surface area (Å²) in [5, 5.41) is 6.37. The predicted molar refractivity (Wildman–Crippen MR) is 88.4 cm³/mol. The molecule has 2 aromatic rings. The van der Waals surface area contributed by atoms with E-state index in [1.54, 1.807) is 0 Å². The fourth-order valence-electron chi connectivity index (χ4n) is 3.11. The number of benzene rings is 2. The maximum Gasteiger partial charge on any atom is 0.0373 e. The van der Waals surface area contributed by atoms with Crippen LogP contribution in [0.25, 0.3) is 10.8 Å². The Balaban J connectivity index is 1.54. The van der Waals surface area contributed by atoms with Crippen LogP contribution in [0.1, 0.15) is 19.3 Å². The molecule has 0 amide bonds. The average molecular weight is 331 g/mol. The fraction of sp³-hybridized carbons (Fsp3) is 0.412. The average Bonchev–Trinajstić information content (AvgIpc) is 3.14. The summed E-state index contributed by atoms with van der Waals surface area (Å²) >= 11 is 3.54. The van der Waals surface area contributed by atoms with E-state index in [4.69, 9.17) is 0 Å². The minimum absolute atomic E-state index is 0.683. The van der Waals surface area contributed by atoms with Gasteiger partial charge in [0.25, 0.3) is 0 Å². The lowest BCUT2D eigenvalue weighted by atomic mass is 10.1. The zero-order valence-corrected chi connectivity index (χ0v) is 13.1. The van der Waals surface area contributed by atoms with Crippen molar-refractivity contribution in [2.75, 3.05) is 18.0 Å². The van der Waals surface area contributed by atoms with Crippen molar-refractivity contribution in [2.45, 2.75) is 31.3 Å². The van der Waals surface area contributed by atoms with Crippen molar-refractivity contribution in [2.24, 2.45) is 0 Å². The van der Waals surface area contributed by atoms with Crippen molar-refractivity contribution in [3.8, 4) is 0 Å². The van der Waals surface area contributed by atoms with E-state index >= 15 is 0 Å². The highest BCUT2D eigenvalue weighted by Gasteiger charge is 2.29. The second-order valence-electron chi connectivity index (χ2n) is 6.05. The van der Waals surface area contributed by atoms with Gasteiger partial charge in [0, 0.05) is 35.3 Å². The van der Waals surface area contributed by atoms with E-state index in [1.807, 2.05) is 0 Å². The fourth-order valence-corrected chi connectivity index (χ4v) is 3.49. The van der Waals surface area contributed by atoms with Crippen LogP contribution in [0.2, 0.25) is 0 Å². The van der Waals surface area contributed by atoms with E-state index in [0.29, 0.717) is 6.04 Å². The zero-order chi connectivity index (χ0) is 13.5. The Labute approximate surface area is 128 Å². The molecule has 2 aromatic carbocycles. The SMILES string of the molecule is Brc1ccc2cc(N3CCC(NC4CC4)C3)ccc2c1. The predicted octanol–water partition coefficient (Wildman–Crippen LogP) is 3.93. The van der Waals surface area contributed by atoms with Crippen LogP contribution in [-0.2, 0) is 0 Å². The molecule has 0 radical (unpaired) electrons. The van der Waals surface area contributed by atoms with Crippen molar-refractivity contribution in [3.63, 3.8) is 0 Å². The van der Waals surface area contributed by atoms with E-state index in [9.17, 15) is 0 Å². The van der Waals surface area contributed by atoms with E-state index in [2.05, 4.69) is 62.5 Å². The summed E-state index contributed by atoms with van der Waals surface area (Å²) < 4.78 is 1.15. The molecule has 4 rings (SSSR count). The largest absolute Gasteiger partial charge is 0.370 e. The lowest BCUT2D eigenvalue weighted by molar-refractivity contribution is 0.548. The van der Waals surface area contributed by atoms with Gasteiger partial charge >= 0.3 is 0 Å². The molecule has 1 aliphatic heterocycles. The third-order valence-electron chi connectivity index (χ3n) is 4.39. The quantitative estimate of drug-likeness (QED) is 0.917. The van der Waals surface area contributed by atoms with Gasteiger partial charge in [0.15, 0.2) is 0 Å². The number of fused-ring (bicyclic) bond motifs is 1. The summed E-state index contributed by atoms with van der Waals surface area (Å²) in [6.07, 6.45) is 4.03. The number of nitrogens with one attached hydrogen (secondary N) is 1. The third-order valence-corrected chi connectivity index (χ3v) is 4.88. The molecule has 1 atom stereocenters. The summed E-state index contributed by atoms with van der Waals surface area (Å²) in [4.78, 5) is 2.52. The maximum absolute atomic E-state index is 3.75. The lowest BCUT2D eigenvalue weighted by Crippen LogP contribution is -2.33. The Morgan fingerprint density at radius 3 is 2.60 bits per heavy atom. The Kier molecular flexibility index (Phi) is 3.20. The molecule has 1 aliphatic carbocycles. The van der Waals surface area contributed by atoms with E-state index in [1.165, 1.54) is 42.3 Å². The maximum atomic E-state index is 3.75. The normalized spacial score (nSPS) is 22.6. The number of hydrogen-bond acceptors (Lipinski definition) is 2. The third kappa shape index (κ3) is 2.57. The molecule has 0 aromatic heterocycles. The molecule has 20 heavy (non-hydrogen) atoms. The standard InChI is InChI=1S/C17H19BrN2/c18-14-3-1-13-10-17(6-2-12(13)9-14)20-8-7-16(11-20)19-15-4-5-15/h1-3,6,9-10,15-16,19H,4-5,7-8,11H2. The van der Waals surface area contributed by atoms with Crippen LogP contribution in [-0.4, -0.2) is 25.2 Å². The van der Waals surface area contributed by atoms with Gasteiger partial charge in [0.05, 0.1) is 0 Å². The lowest BCUT2D eigenvalue weighted by Gasteiger charge is -2.19. The number of rotatable bonds is 3. The topological polar surface area (TPSA) is 15.3 Å². The minimum atomic E-state index is 0.683. The second kappa shape index (κ2) is 5.05. The van der Waals surface area contributed by atoms with E-state index in [0.717, 1.165) is 17.1 Å². The van der Waals surface area contributed by atoms with Gasteiger partial charge in [0.2, 0.25) is 0 Å². The van der Waals surface area contributed by atoms with Crippen LogP contribution in [0.3, 0.4) is 0 Å². The summed E-state index contributed by atoms with van der Waals surface area (Å²) in [5.41, 5.74) is 1.36. The monoisotopic (exact) mass is 330 g/mol. The molecular weight excluding hydrogens is 312 g/mol. The van der Waals surface area contributed by atoms with Crippen molar-refractivity contribution in [3.05, 3.63) is 40.9 Å². The van der Waals surface area contributed by atoms with Gasteiger partial charge in [-0.1, -0.05) is 28.1 Å². The summed E-state index contributed by atoms with van der Waals surface area (Å²) in [6.45, 7) is 2.32. The first-order valence-electron chi connectivity index (χ1n) is 7.48. The second-order valence-corrected chi connectivity index (χ2v) is 6.96. The van der Waals surface area contributed by atoms with Gasteiger partial charge in [-0.3, -0.25) is 0 Å². The van der Waals surface area contributed by atoms with Crippen LogP contribution in [0, 0.1) is 0 Å². The van der Waals surface area contributed by atoms with Crippen LogP contribution < -0.4 is 10.2 Å². The number of hydrogen-bond donors (Lipinski definition) is 1. The summed E-state index contributed by atoms with van der Waals surface area (Å²) in [5.74, 6) is 0. The van der Waals surface area contributed by atoms with Gasteiger partial charge < -0.3 is 10.2 Å². The Morgan fingerprint density at radius 2 is 1.75 bits per heavy atom. The summed E-state index contributed by atoms with van der Waals surface area (Å²) in [7, 11) is 0. The molecular formula is C17H19BrN2. The molecule has 1 saturated heterocycles. The zero-order valence-electron chi connectivity index (χ0n) is 11.5. The minimum Gasteiger partial charge on any atom is -0.370 e. The highest BCUT2D eigenvalue weighted by atomic mass is 79.9. The van der Waals surface area contributed by atoms with Crippen LogP contribution in [0.15, 0.2) is 40.9 Å². The van der Waals surface area contributed by atoms with Gasteiger partial charge in [-0.2, -0.15) is 0 Å². The number of halogens is 1. The molecule has 1 saturated carbocycles. The van der Waals surface area contributed by atoms with Crippen LogP contribution in [0.5, 0.6) is 0 Å². The highest BCUT2D eigenvalue weighted by Crippen LogP contribution is 2.28. The van der Waals surface area contributed by atoms with Crippen molar-refractivity contribution in [1.29, 1.82) is 0 Å². The molecule has 104 valence electrons. The highest BCUT2D eigenvalue weighted by molar-refractivity contribution is 9.10. The molecule has 1 heterocycles. The molecule has 0 spiro atoms. The van der Waals surface area contributed by atoms with Crippen molar-refractivity contribution < 1.29 is 0 Å². The Hall–Kier alpha value is -1.06. The smallest absolute Gasteiger partial charge is 0.0373 e. The van der Waals surface area contributed by atoms with Gasteiger partial charge in [-0.05, 0) is 54.3 Å². The van der Waals surface area contributed by atoms with Crippen molar-refractivity contribution in [1.82, 2.24) is 5.32 Å².